The molecule has 0 spiro atoms. The smallest absolute Gasteiger partial charge is 0.176 e. The van der Waals surface area contributed by atoms with Crippen molar-refractivity contribution in [3.8, 4) is 0 Å². The van der Waals surface area contributed by atoms with Gasteiger partial charge in [0.2, 0.25) is 0 Å². The van der Waals surface area contributed by atoms with Crippen molar-refractivity contribution < 1.29 is 4.57 Å². The molecule has 0 aliphatic carbocycles. The number of para-hydroxylation sites is 1. The van der Waals surface area contributed by atoms with Crippen molar-refractivity contribution in [3.05, 3.63) is 53.9 Å². The zero-order valence-corrected chi connectivity index (χ0v) is 14.7. The Labute approximate surface area is 140 Å². The summed E-state index contributed by atoms with van der Waals surface area (Å²) in [7, 11) is 2.08. The molecule has 0 saturated heterocycles. The van der Waals surface area contributed by atoms with Gasteiger partial charge in [0.25, 0.3) is 0 Å². The Morgan fingerprint density at radius 2 is 1.67 bits per heavy atom. The lowest BCUT2D eigenvalue weighted by molar-refractivity contribution is -0.670. The van der Waals surface area contributed by atoms with Crippen LogP contribution in [-0.2, 0) is 7.05 Å². The third-order valence-electron chi connectivity index (χ3n) is 4.36. The fourth-order valence-electron chi connectivity index (χ4n) is 3.31. The molecule has 0 atom stereocenters. The fourth-order valence-corrected chi connectivity index (χ4v) is 3.31. The number of aryl methyl sites for hydroxylation is 3. The second kappa shape index (κ2) is 4.98. The van der Waals surface area contributed by atoms with Gasteiger partial charge >= 0.3 is 0 Å². The molecule has 2 aromatic carbocycles. The number of benzene rings is 2. The summed E-state index contributed by atoms with van der Waals surface area (Å²) in [4.78, 5) is 3.59. The van der Waals surface area contributed by atoms with Gasteiger partial charge in [-0.2, -0.15) is 0 Å². The van der Waals surface area contributed by atoms with Crippen molar-refractivity contribution in [2.24, 2.45) is 7.05 Å². The predicted molar refractivity (Wildman–Crippen MR) is 99.4 cm³/mol. The van der Waals surface area contributed by atoms with E-state index in [-0.39, 0.29) is 24.0 Å². The van der Waals surface area contributed by atoms with E-state index in [9.17, 15) is 0 Å². The first kappa shape index (κ1) is 14.3. The van der Waals surface area contributed by atoms with Crippen LogP contribution in [0, 0.1) is 13.8 Å². The first-order valence-electron chi connectivity index (χ1n) is 6.95. The molecule has 0 radical (unpaired) electrons. The molecule has 21 heavy (non-hydrogen) atoms. The van der Waals surface area contributed by atoms with Gasteiger partial charge < -0.3 is 4.98 Å². The highest BCUT2D eigenvalue weighted by Crippen LogP contribution is 2.35. The van der Waals surface area contributed by atoms with Gasteiger partial charge in [0, 0.05) is 27.7 Å². The molecule has 0 saturated carbocycles. The molecule has 4 aromatic rings. The molecule has 106 valence electrons. The number of hydrogen-bond acceptors (Lipinski definition) is 0. The molecule has 2 heterocycles. The van der Waals surface area contributed by atoms with Crippen LogP contribution in [-0.4, -0.2) is 4.98 Å². The van der Waals surface area contributed by atoms with E-state index in [1.54, 1.807) is 0 Å². The van der Waals surface area contributed by atoms with Crippen molar-refractivity contribution in [2.45, 2.75) is 13.8 Å². The molecule has 0 aliphatic rings. The summed E-state index contributed by atoms with van der Waals surface area (Å²) in [6.45, 7) is 4.43. The molecule has 4 rings (SSSR count). The Morgan fingerprint density at radius 1 is 0.905 bits per heavy atom. The molecule has 0 fully saturated rings. The average molecular weight is 389 g/mol. The summed E-state index contributed by atoms with van der Waals surface area (Å²) < 4.78 is 2.12. The monoisotopic (exact) mass is 389 g/mol. The van der Waals surface area contributed by atoms with Gasteiger partial charge in [-0.3, -0.25) is 0 Å². The Bertz CT molecular complexity index is 983. The minimum atomic E-state index is 0. The first-order valence-corrected chi connectivity index (χ1v) is 6.95. The molecule has 0 bridgehead atoms. The van der Waals surface area contributed by atoms with Crippen LogP contribution in [0.15, 0.2) is 42.7 Å². The maximum atomic E-state index is 3.59. The lowest BCUT2D eigenvalue weighted by atomic mass is 9.97. The third kappa shape index (κ3) is 1.94. The van der Waals surface area contributed by atoms with E-state index in [0.29, 0.717) is 0 Å². The molecular weight excluding hydrogens is 371 g/mol. The zero-order valence-electron chi connectivity index (χ0n) is 12.4. The molecule has 3 heteroatoms. The van der Waals surface area contributed by atoms with Gasteiger partial charge in [0.1, 0.15) is 7.05 Å². The van der Waals surface area contributed by atoms with Crippen molar-refractivity contribution in [1.82, 2.24) is 4.98 Å². The molecule has 0 amide bonds. The Kier molecular flexibility index (Phi) is 3.40. The highest BCUT2D eigenvalue weighted by atomic mass is 127. The minimum absolute atomic E-state index is 0. The second-order valence-electron chi connectivity index (χ2n) is 5.61. The van der Waals surface area contributed by atoms with Gasteiger partial charge in [0.15, 0.2) is 12.4 Å². The van der Waals surface area contributed by atoms with E-state index >= 15 is 0 Å². The van der Waals surface area contributed by atoms with Gasteiger partial charge in [0.05, 0.1) is 5.52 Å². The van der Waals surface area contributed by atoms with Crippen LogP contribution in [0.4, 0.5) is 0 Å². The topological polar surface area (TPSA) is 19.7 Å². The van der Waals surface area contributed by atoms with Crippen LogP contribution in [0.25, 0.3) is 32.6 Å². The number of nitrogens with one attached hydrogen (secondary N) is 1. The van der Waals surface area contributed by atoms with E-state index in [4.69, 9.17) is 0 Å². The molecule has 2 aromatic heterocycles. The molecule has 0 aliphatic heterocycles. The minimum Gasteiger partial charge on any atom is -0.354 e. The van der Waals surface area contributed by atoms with E-state index in [1.807, 2.05) is 0 Å². The SMILES string of the molecule is Cc1c2cc[n+](C)cc2c(C)c2c1[nH]c1ccccc12.I. The van der Waals surface area contributed by atoms with E-state index < -0.39 is 0 Å². The van der Waals surface area contributed by atoms with Gasteiger partial charge in [-0.05, 0) is 36.4 Å². The number of aromatic nitrogens is 2. The summed E-state index contributed by atoms with van der Waals surface area (Å²) in [5.74, 6) is 0. The number of aromatic amines is 1. The van der Waals surface area contributed by atoms with Crippen LogP contribution < -0.4 is 4.57 Å². The van der Waals surface area contributed by atoms with E-state index in [0.717, 1.165) is 0 Å². The fraction of sp³-hybridized carbons (Fsp3) is 0.167. The standard InChI is InChI=1S/C18H16N2.HI/c1-11-15-10-20(3)9-8-13(15)12(2)18-17(11)14-6-4-5-7-16(14)19-18;/h4-10H,1-3H3;1H/p+1. The van der Waals surface area contributed by atoms with Crippen LogP contribution in [0.2, 0.25) is 0 Å². The van der Waals surface area contributed by atoms with Crippen molar-refractivity contribution in [2.75, 3.05) is 0 Å². The Hall–Kier alpha value is -1.62. The number of halogens is 1. The van der Waals surface area contributed by atoms with E-state index in [1.165, 1.54) is 43.7 Å². The Morgan fingerprint density at radius 3 is 2.48 bits per heavy atom. The number of pyridine rings is 1. The van der Waals surface area contributed by atoms with Crippen molar-refractivity contribution in [3.63, 3.8) is 0 Å². The van der Waals surface area contributed by atoms with Crippen LogP contribution in [0.1, 0.15) is 11.1 Å². The average Bonchev–Trinajstić information content (AvgIpc) is 2.84. The Balaban J connectivity index is 0.00000132. The van der Waals surface area contributed by atoms with Crippen molar-refractivity contribution >= 4 is 56.6 Å². The number of H-pyrrole nitrogens is 1. The van der Waals surface area contributed by atoms with Crippen LogP contribution >= 0.6 is 24.0 Å². The first-order chi connectivity index (χ1) is 9.66. The highest BCUT2D eigenvalue weighted by Gasteiger charge is 2.15. The molecule has 2 nitrogen and oxygen atoms in total. The number of rotatable bonds is 0. The van der Waals surface area contributed by atoms with Crippen LogP contribution in [0.5, 0.6) is 0 Å². The molecule has 0 unspecified atom stereocenters. The summed E-state index contributed by atoms with van der Waals surface area (Å²) in [5.41, 5.74) is 5.17. The third-order valence-corrected chi connectivity index (χ3v) is 4.36. The molecular formula is C18H18IN2+. The largest absolute Gasteiger partial charge is 0.354 e. The van der Waals surface area contributed by atoms with Gasteiger partial charge in [-0.15, -0.1) is 24.0 Å². The van der Waals surface area contributed by atoms with Gasteiger partial charge in [-0.1, -0.05) is 18.2 Å². The summed E-state index contributed by atoms with van der Waals surface area (Å²) >= 11 is 0. The highest BCUT2D eigenvalue weighted by molar-refractivity contribution is 14.0. The lowest BCUT2D eigenvalue weighted by Gasteiger charge is -2.07. The predicted octanol–water partition coefficient (Wildman–Crippen LogP) is 4.53. The van der Waals surface area contributed by atoms with Crippen molar-refractivity contribution in [1.29, 1.82) is 0 Å². The number of fused-ring (bicyclic) bond motifs is 4. The summed E-state index contributed by atoms with van der Waals surface area (Å²) in [5, 5.41) is 5.35. The quantitative estimate of drug-likeness (QED) is 0.337. The summed E-state index contributed by atoms with van der Waals surface area (Å²) in [6, 6.07) is 10.8. The number of nitrogens with zero attached hydrogens (tertiary/aromatic N) is 1. The second-order valence-corrected chi connectivity index (χ2v) is 5.61. The van der Waals surface area contributed by atoms with Crippen LogP contribution in [0.3, 0.4) is 0 Å². The number of hydrogen-bond donors (Lipinski definition) is 1. The maximum absolute atomic E-state index is 3.59. The van der Waals surface area contributed by atoms with E-state index in [2.05, 4.69) is 73.2 Å². The normalized spacial score (nSPS) is 11.2. The van der Waals surface area contributed by atoms with Gasteiger partial charge in [-0.25, -0.2) is 4.57 Å². The maximum Gasteiger partial charge on any atom is 0.176 e. The molecule has 1 N–H and O–H groups in total. The zero-order chi connectivity index (χ0) is 13.9. The lowest BCUT2D eigenvalue weighted by Crippen LogP contribution is -2.26. The summed E-state index contributed by atoms with van der Waals surface area (Å²) in [6.07, 6.45) is 4.34.